The van der Waals surface area contributed by atoms with Gasteiger partial charge in [-0.05, 0) is 44.1 Å². The fourth-order valence-corrected chi connectivity index (χ4v) is 2.48. The molecule has 1 atom stereocenters. The van der Waals surface area contributed by atoms with Crippen molar-refractivity contribution in [1.29, 1.82) is 0 Å². The average molecular weight is 314 g/mol. The van der Waals surface area contributed by atoms with Gasteiger partial charge in [-0.3, -0.25) is 0 Å². The molecule has 1 saturated heterocycles. The summed E-state index contributed by atoms with van der Waals surface area (Å²) in [5.74, 6) is 0. The zero-order valence-corrected chi connectivity index (χ0v) is 12.5. The Kier molecular flexibility index (Phi) is 6.47. The van der Waals surface area contributed by atoms with E-state index in [2.05, 4.69) is 39.8 Å². The summed E-state index contributed by atoms with van der Waals surface area (Å²) in [5.41, 5.74) is 3.49. The van der Waals surface area contributed by atoms with Crippen molar-refractivity contribution in [1.82, 2.24) is 0 Å². The minimum absolute atomic E-state index is 0. The summed E-state index contributed by atoms with van der Waals surface area (Å²) in [7, 11) is 0. The highest BCUT2D eigenvalue weighted by Gasteiger charge is 2.36. The molecule has 1 heterocycles. The van der Waals surface area contributed by atoms with Crippen LogP contribution in [0.2, 0.25) is 0 Å². The molecule has 1 aliphatic heterocycles. The molecule has 0 bridgehead atoms. The molecule has 1 nitrogen and oxygen atoms in total. The monoisotopic (exact) mass is 312 g/mol. The summed E-state index contributed by atoms with van der Waals surface area (Å²) in [5, 5.41) is 0. The van der Waals surface area contributed by atoms with Gasteiger partial charge in [0, 0.05) is 0 Å². The lowest BCUT2D eigenvalue weighted by Crippen LogP contribution is -2.19. The topological polar surface area (TPSA) is 12.5 Å². The smallest absolute Gasteiger partial charge is 0.316 e. The van der Waals surface area contributed by atoms with Crippen LogP contribution in [0.25, 0.3) is 0 Å². The molecule has 0 amide bonds. The van der Waals surface area contributed by atoms with E-state index >= 15 is 0 Å². The highest BCUT2D eigenvalue weighted by Crippen LogP contribution is 2.41. The van der Waals surface area contributed by atoms with Crippen LogP contribution in [0.5, 0.6) is 0 Å². The molecule has 1 fully saturated rings. The molecule has 2 rings (SSSR count). The molecule has 3 heteroatoms. The largest absolute Gasteiger partial charge is 0.365 e. The zero-order chi connectivity index (χ0) is 11.1. The van der Waals surface area contributed by atoms with Crippen molar-refractivity contribution in [3.05, 3.63) is 23.3 Å². The van der Waals surface area contributed by atoms with Gasteiger partial charge in [0.25, 0.3) is 0 Å². The lowest BCUT2D eigenvalue weighted by molar-refractivity contribution is 0.364. The predicted molar refractivity (Wildman–Crippen MR) is 82.7 cm³/mol. The Bertz CT molecular complexity index is 327. The fourth-order valence-electron chi connectivity index (χ4n) is 2.48. The molecule has 96 valence electrons. The first kappa shape index (κ1) is 17.7. The van der Waals surface area contributed by atoms with E-state index < -0.39 is 0 Å². The van der Waals surface area contributed by atoms with Crippen LogP contribution in [0.4, 0.5) is 0 Å². The van der Waals surface area contributed by atoms with E-state index in [1.54, 1.807) is 5.57 Å². The molecule has 2 aliphatic rings. The summed E-state index contributed by atoms with van der Waals surface area (Å²) < 4.78 is 5.38. The van der Waals surface area contributed by atoms with Crippen LogP contribution >= 0.6 is 17.0 Å². The van der Waals surface area contributed by atoms with Crippen molar-refractivity contribution < 1.29 is 4.74 Å². The maximum atomic E-state index is 5.38. The number of halogens is 1. The molecule has 0 saturated carbocycles. The molecule has 0 N–H and O–H groups in total. The minimum atomic E-state index is 0. The number of ether oxygens (including phenoxy) is 1. The van der Waals surface area contributed by atoms with Crippen LogP contribution < -0.4 is 0 Å². The summed E-state index contributed by atoms with van der Waals surface area (Å²) in [6, 6.07) is 0. The van der Waals surface area contributed by atoms with Gasteiger partial charge < -0.3 is 4.74 Å². The van der Waals surface area contributed by atoms with Crippen molar-refractivity contribution in [2.24, 2.45) is 5.41 Å². The van der Waals surface area contributed by atoms with Gasteiger partial charge in [0.15, 0.2) is 0 Å². The molecule has 0 aromatic rings. The standard InChI is InChI=1S/C14H22O.BrH.Mg.2H/c1-11-6-5-8-13(2,3)12(11)7-9-14(4)10-15-14;;;;/h7,9H,5-6,8,10H2,1-4H3;1H;;;/b9-7+;;;;. The van der Waals surface area contributed by atoms with Gasteiger partial charge in [0.05, 0.1) is 6.61 Å². The fraction of sp³-hybridized carbons (Fsp3) is 0.714. The first-order chi connectivity index (χ1) is 6.93. The number of hydrogen-bond donors (Lipinski definition) is 0. The SMILES string of the molecule is Br.CC1=C(/C=C/C2(C)CO2)C(C)(C)CCC1.[MgH2]. The van der Waals surface area contributed by atoms with E-state index in [1.807, 2.05) is 0 Å². The Morgan fingerprint density at radius 2 is 1.82 bits per heavy atom. The van der Waals surface area contributed by atoms with Crippen LogP contribution in [0.15, 0.2) is 23.3 Å². The summed E-state index contributed by atoms with van der Waals surface area (Å²) in [4.78, 5) is 0. The third-order valence-corrected chi connectivity index (χ3v) is 3.74. The molecule has 0 spiro atoms. The van der Waals surface area contributed by atoms with Gasteiger partial charge in [-0.25, -0.2) is 0 Å². The van der Waals surface area contributed by atoms with Crippen molar-refractivity contribution in [2.75, 3.05) is 6.61 Å². The van der Waals surface area contributed by atoms with Crippen LogP contribution in [-0.4, -0.2) is 35.3 Å². The Morgan fingerprint density at radius 1 is 1.24 bits per heavy atom. The summed E-state index contributed by atoms with van der Waals surface area (Å²) in [6.07, 6.45) is 8.45. The average Bonchev–Trinajstić information content (AvgIpc) is 2.82. The number of allylic oxidation sites excluding steroid dienone is 3. The lowest BCUT2D eigenvalue weighted by Gasteiger charge is -2.33. The quantitative estimate of drug-likeness (QED) is 0.561. The summed E-state index contributed by atoms with van der Waals surface area (Å²) in [6.45, 7) is 10.0. The highest BCUT2D eigenvalue weighted by atomic mass is 79.9. The normalized spacial score (nSPS) is 30.8. The number of epoxide rings is 1. The molecule has 0 aromatic carbocycles. The van der Waals surface area contributed by atoms with E-state index in [1.165, 1.54) is 24.8 Å². The molecule has 0 aromatic heterocycles. The minimum Gasteiger partial charge on any atom is -0.365 e. The van der Waals surface area contributed by atoms with E-state index in [0.29, 0.717) is 5.41 Å². The Morgan fingerprint density at radius 3 is 2.29 bits per heavy atom. The third-order valence-electron chi connectivity index (χ3n) is 3.74. The second-order valence-corrected chi connectivity index (χ2v) is 5.87. The molecule has 1 unspecified atom stereocenters. The van der Waals surface area contributed by atoms with Crippen molar-refractivity contribution >= 4 is 40.0 Å². The molecular weight excluding hydrogens is 288 g/mol. The van der Waals surface area contributed by atoms with E-state index in [4.69, 9.17) is 4.74 Å². The van der Waals surface area contributed by atoms with Gasteiger partial charge >= 0.3 is 23.1 Å². The van der Waals surface area contributed by atoms with Crippen molar-refractivity contribution in [3.63, 3.8) is 0 Å². The van der Waals surface area contributed by atoms with Crippen LogP contribution in [0.3, 0.4) is 0 Å². The number of rotatable bonds is 2. The van der Waals surface area contributed by atoms with Crippen LogP contribution in [0.1, 0.15) is 47.0 Å². The molecule has 0 radical (unpaired) electrons. The maximum absolute atomic E-state index is 5.38. The highest BCUT2D eigenvalue weighted by molar-refractivity contribution is 8.93. The zero-order valence-electron chi connectivity index (χ0n) is 10.8. The Balaban J connectivity index is 0.00000128. The van der Waals surface area contributed by atoms with Crippen LogP contribution in [-0.2, 0) is 4.74 Å². The van der Waals surface area contributed by atoms with Crippen molar-refractivity contribution in [2.45, 2.75) is 52.6 Å². The maximum Gasteiger partial charge on any atom is 0.316 e. The second-order valence-electron chi connectivity index (χ2n) is 5.87. The van der Waals surface area contributed by atoms with Gasteiger partial charge in [-0.2, -0.15) is 0 Å². The van der Waals surface area contributed by atoms with E-state index in [9.17, 15) is 0 Å². The van der Waals surface area contributed by atoms with E-state index in [-0.39, 0.29) is 45.6 Å². The second kappa shape index (κ2) is 6.22. The predicted octanol–water partition coefficient (Wildman–Crippen LogP) is 3.52. The Hall–Kier alpha value is 0.686. The van der Waals surface area contributed by atoms with Gasteiger partial charge in [0.1, 0.15) is 5.60 Å². The van der Waals surface area contributed by atoms with Gasteiger partial charge in [-0.15, -0.1) is 17.0 Å². The Labute approximate surface area is 132 Å². The van der Waals surface area contributed by atoms with Gasteiger partial charge in [-0.1, -0.05) is 31.6 Å². The van der Waals surface area contributed by atoms with E-state index in [0.717, 1.165) is 6.61 Å². The van der Waals surface area contributed by atoms with Crippen molar-refractivity contribution in [3.8, 4) is 0 Å². The van der Waals surface area contributed by atoms with Crippen LogP contribution in [0, 0.1) is 5.41 Å². The third kappa shape index (κ3) is 4.37. The lowest BCUT2D eigenvalue weighted by atomic mass is 9.72. The molecule has 1 aliphatic carbocycles. The first-order valence-corrected chi connectivity index (χ1v) is 5.96. The molecule has 17 heavy (non-hydrogen) atoms. The molecular formula is C14H25BrMgO. The number of hydrogen-bond acceptors (Lipinski definition) is 1. The van der Waals surface area contributed by atoms with Gasteiger partial charge in [0.2, 0.25) is 0 Å². The summed E-state index contributed by atoms with van der Waals surface area (Å²) >= 11 is 0. The first-order valence-electron chi connectivity index (χ1n) is 5.96.